The first-order chi connectivity index (χ1) is 11.1. The minimum atomic E-state index is -0.287. The number of aryl methyl sites for hydroxylation is 1. The minimum Gasteiger partial charge on any atom is -0.348 e. The lowest BCUT2D eigenvalue weighted by Crippen LogP contribution is -2.22. The Morgan fingerprint density at radius 1 is 1.09 bits per heavy atom. The number of nitrogens with one attached hydrogen (secondary N) is 1. The summed E-state index contributed by atoms with van der Waals surface area (Å²) in [6.07, 6.45) is 1.73. The summed E-state index contributed by atoms with van der Waals surface area (Å²) in [5.41, 5.74) is 3.35. The second-order valence-corrected chi connectivity index (χ2v) is 5.24. The SMILES string of the molecule is Cc1ccnn1-c1ccc(C(=O)NCc2ccc(F)cc2)cc1. The van der Waals surface area contributed by atoms with Gasteiger partial charge in [0.1, 0.15) is 5.82 Å². The quantitative estimate of drug-likeness (QED) is 0.804. The van der Waals surface area contributed by atoms with Gasteiger partial charge in [-0.3, -0.25) is 4.79 Å². The van der Waals surface area contributed by atoms with Crippen LogP contribution in [0, 0.1) is 12.7 Å². The number of amides is 1. The summed E-state index contributed by atoms with van der Waals surface area (Å²) >= 11 is 0. The fourth-order valence-electron chi connectivity index (χ4n) is 2.28. The largest absolute Gasteiger partial charge is 0.348 e. The summed E-state index contributed by atoms with van der Waals surface area (Å²) in [6.45, 7) is 2.33. The van der Waals surface area contributed by atoms with Gasteiger partial charge in [0.05, 0.1) is 5.69 Å². The van der Waals surface area contributed by atoms with Crippen molar-refractivity contribution in [1.29, 1.82) is 0 Å². The molecule has 0 saturated heterocycles. The van der Waals surface area contributed by atoms with Gasteiger partial charge in [0.2, 0.25) is 0 Å². The maximum Gasteiger partial charge on any atom is 0.251 e. The van der Waals surface area contributed by atoms with Gasteiger partial charge in [-0.05, 0) is 55.0 Å². The standard InChI is InChI=1S/C18H16FN3O/c1-13-10-11-21-22(13)17-8-4-15(5-9-17)18(23)20-12-14-2-6-16(19)7-3-14/h2-11H,12H2,1H3,(H,20,23). The average molecular weight is 309 g/mol. The van der Waals surface area contributed by atoms with E-state index in [0.29, 0.717) is 12.1 Å². The van der Waals surface area contributed by atoms with Crippen LogP contribution in [0.15, 0.2) is 60.8 Å². The second-order valence-electron chi connectivity index (χ2n) is 5.24. The molecule has 3 aromatic rings. The maximum atomic E-state index is 12.8. The van der Waals surface area contributed by atoms with Crippen molar-refractivity contribution in [3.8, 4) is 5.69 Å². The summed E-state index contributed by atoms with van der Waals surface area (Å²) in [7, 11) is 0. The predicted octanol–water partition coefficient (Wildman–Crippen LogP) is 3.25. The number of rotatable bonds is 4. The summed E-state index contributed by atoms with van der Waals surface area (Å²) in [5.74, 6) is -0.456. The fraction of sp³-hybridized carbons (Fsp3) is 0.111. The molecule has 0 spiro atoms. The Balaban J connectivity index is 1.66. The van der Waals surface area contributed by atoms with Gasteiger partial charge in [0, 0.05) is 24.0 Å². The number of halogens is 1. The van der Waals surface area contributed by atoms with Crippen molar-refractivity contribution in [2.75, 3.05) is 0 Å². The van der Waals surface area contributed by atoms with Gasteiger partial charge >= 0.3 is 0 Å². The third-order valence-corrected chi connectivity index (χ3v) is 3.57. The fourth-order valence-corrected chi connectivity index (χ4v) is 2.28. The maximum absolute atomic E-state index is 12.8. The Labute approximate surface area is 133 Å². The van der Waals surface area contributed by atoms with Crippen LogP contribution < -0.4 is 5.32 Å². The van der Waals surface area contributed by atoms with Gasteiger partial charge in [0.25, 0.3) is 5.91 Å². The summed E-state index contributed by atoms with van der Waals surface area (Å²) < 4.78 is 14.6. The van der Waals surface area contributed by atoms with Crippen LogP contribution >= 0.6 is 0 Å². The molecule has 0 aliphatic heterocycles. The number of benzene rings is 2. The predicted molar refractivity (Wildman–Crippen MR) is 85.9 cm³/mol. The zero-order chi connectivity index (χ0) is 16.2. The first-order valence-electron chi connectivity index (χ1n) is 7.27. The van der Waals surface area contributed by atoms with E-state index < -0.39 is 0 Å². The number of hydrogen-bond donors (Lipinski definition) is 1. The Bertz CT molecular complexity index is 807. The van der Waals surface area contributed by atoms with E-state index >= 15 is 0 Å². The molecule has 4 nitrogen and oxygen atoms in total. The third-order valence-electron chi connectivity index (χ3n) is 3.57. The molecule has 1 amide bonds. The molecule has 0 radical (unpaired) electrons. The normalized spacial score (nSPS) is 10.5. The molecule has 0 saturated carbocycles. The van der Waals surface area contributed by atoms with Crippen LogP contribution in [-0.2, 0) is 6.54 Å². The van der Waals surface area contributed by atoms with Crippen molar-refractivity contribution in [2.45, 2.75) is 13.5 Å². The smallest absolute Gasteiger partial charge is 0.251 e. The number of carbonyl (C=O) groups is 1. The van der Waals surface area contributed by atoms with E-state index in [1.807, 2.05) is 25.1 Å². The van der Waals surface area contributed by atoms with Crippen molar-refractivity contribution in [3.05, 3.63) is 83.4 Å². The molecule has 0 atom stereocenters. The van der Waals surface area contributed by atoms with Crippen LogP contribution in [0.2, 0.25) is 0 Å². The number of aromatic nitrogens is 2. The van der Waals surface area contributed by atoms with Crippen molar-refractivity contribution >= 4 is 5.91 Å². The van der Waals surface area contributed by atoms with E-state index in [0.717, 1.165) is 16.9 Å². The summed E-state index contributed by atoms with van der Waals surface area (Å²) in [5, 5.41) is 7.05. The third kappa shape index (κ3) is 3.45. The lowest BCUT2D eigenvalue weighted by molar-refractivity contribution is 0.0951. The molecule has 1 N–H and O–H groups in total. The molecule has 0 bridgehead atoms. The van der Waals surface area contributed by atoms with Gasteiger partial charge in [-0.25, -0.2) is 9.07 Å². The molecular formula is C18H16FN3O. The van der Waals surface area contributed by atoms with Crippen LogP contribution in [0.1, 0.15) is 21.6 Å². The van der Waals surface area contributed by atoms with Crippen LogP contribution in [0.3, 0.4) is 0 Å². The monoisotopic (exact) mass is 309 g/mol. The first kappa shape index (κ1) is 15.0. The second kappa shape index (κ2) is 6.44. The van der Waals surface area contributed by atoms with Crippen LogP contribution in [0.25, 0.3) is 5.69 Å². The van der Waals surface area contributed by atoms with Crippen molar-refractivity contribution in [2.24, 2.45) is 0 Å². The summed E-state index contributed by atoms with van der Waals surface area (Å²) in [4.78, 5) is 12.1. The summed E-state index contributed by atoms with van der Waals surface area (Å²) in [6, 6.07) is 15.2. The van der Waals surface area contributed by atoms with Gasteiger partial charge in [0.15, 0.2) is 0 Å². The zero-order valence-electron chi connectivity index (χ0n) is 12.7. The molecule has 3 rings (SSSR count). The highest BCUT2D eigenvalue weighted by molar-refractivity contribution is 5.94. The van der Waals surface area contributed by atoms with Crippen LogP contribution in [-0.4, -0.2) is 15.7 Å². The molecule has 2 aromatic carbocycles. The Kier molecular flexibility index (Phi) is 4.19. The van der Waals surface area contributed by atoms with E-state index in [4.69, 9.17) is 0 Å². The Morgan fingerprint density at radius 2 is 1.78 bits per heavy atom. The van der Waals surface area contributed by atoms with Crippen molar-refractivity contribution < 1.29 is 9.18 Å². The molecule has 1 heterocycles. The highest BCUT2D eigenvalue weighted by atomic mass is 19.1. The lowest BCUT2D eigenvalue weighted by Gasteiger charge is -2.07. The molecule has 5 heteroatoms. The van der Waals surface area contributed by atoms with Crippen molar-refractivity contribution in [3.63, 3.8) is 0 Å². The molecule has 1 aromatic heterocycles. The molecule has 0 fully saturated rings. The number of hydrogen-bond acceptors (Lipinski definition) is 2. The molecule has 0 aliphatic carbocycles. The highest BCUT2D eigenvalue weighted by Gasteiger charge is 2.07. The lowest BCUT2D eigenvalue weighted by atomic mass is 10.1. The Hall–Kier alpha value is -2.95. The van der Waals surface area contributed by atoms with E-state index in [1.54, 1.807) is 35.1 Å². The van der Waals surface area contributed by atoms with Crippen LogP contribution in [0.5, 0.6) is 0 Å². The first-order valence-corrected chi connectivity index (χ1v) is 7.27. The van der Waals surface area contributed by atoms with E-state index in [-0.39, 0.29) is 11.7 Å². The molecular weight excluding hydrogens is 293 g/mol. The van der Waals surface area contributed by atoms with Gasteiger partial charge in [-0.1, -0.05) is 12.1 Å². The molecule has 116 valence electrons. The van der Waals surface area contributed by atoms with E-state index in [2.05, 4.69) is 10.4 Å². The van der Waals surface area contributed by atoms with Crippen LogP contribution in [0.4, 0.5) is 4.39 Å². The Morgan fingerprint density at radius 3 is 2.39 bits per heavy atom. The van der Waals surface area contributed by atoms with E-state index in [9.17, 15) is 9.18 Å². The van der Waals surface area contributed by atoms with Crippen molar-refractivity contribution in [1.82, 2.24) is 15.1 Å². The topological polar surface area (TPSA) is 46.9 Å². The van der Waals surface area contributed by atoms with Gasteiger partial charge < -0.3 is 5.32 Å². The number of nitrogens with zero attached hydrogens (tertiary/aromatic N) is 2. The van der Waals surface area contributed by atoms with E-state index in [1.165, 1.54) is 12.1 Å². The minimum absolute atomic E-state index is 0.168. The highest BCUT2D eigenvalue weighted by Crippen LogP contribution is 2.11. The molecule has 0 unspecified atom stereocenters. The molecule has 0 aliphatic rings. The average Bonchev–Trinajstić information content (AvgIpc) is 3.00. The van der Waals surface area contributed by atoms with Gasteiger partial charge in [-0.15, -0.1) is 0 Å². The number of carbonyl (C=O) groups excluding carboxylic acids is 1. The zero-order valence-corrected chi connectivity index (χ0v) is 12.7. The van der Waals surface area contributed by atoms with Gasteiger partial charge in [-0.2, -0.15) is 5.10 Å². The molecule has 23 heavy (non-hydrogen) atoms.